The summed E-state index contributed by atoms with van der Waals surface area (Å²) in [5.74, 6) is 0.532. The topological polar surface area (TPSA) is 23.6 Å². The molecule has 1 aliphatic rings. The standard InChI is InChI=1S/C13H26N2O/c1-11(2)12(16)10-14-6-8-15(9-7-14)13(3,4)5/h11H,6-10H2,1-5H3. The summed E-state index contributed by atoms with van der Waals surface area (Å²) < 4.78 is 0. The van der Waals surface area contributed by atoms with Crippen molar-refractivity contribution in [2.75, 3.05) is 32.7 Å². The lowest BCUT2D eigenvalue weighted by Crippen LogP contribution is -2.54. The van der Waals surface area contributed by atoms with Crippen molar-refractivity contribution in [2.45, 2.75) is 40.2 Å². The minimum absolute atomic E-state index is 0.167. The van der Waals surface area contributed by atoms with Gasteiger partial charge in [0.05, 0.1) is 6.54 Å². The molecule has 0 radical (unpaired) electrons. The van der Waals surface area contributed by atoms with Crippen molar-refractivity contribution >= 4 is 5.78 Å². The van der Waals surface area contributed by atoms with Gasteiger partial charge in [0.15, 0.2) is 0 Å². The highest BCUT2D eigenvalue weighted by Gasteiger charge is 2.26. The summed E-state index contributed by atoms with van der Waals surface area (Å²) in [7, 11) is 0. The molecule has 3 heteroatoms. The van der Waals surface area contributed by atoms with Crippen LogP contribution in [0, 0.1) is 5.92 Å². The minimum Gasteiger partial charge on any atom is -0.298 e. The van der Waals surface area contributed by atoms with Crippen molar-refractivity contribution < 1.29 is 4.79 Å². The van der Waals surface area contributed by atoms with E-state index < -0.39 is 0 Å². The fourth-order valence-corrected chi connectivity index (χ4v) is 1.98. The van der Waals surface area contributed by atoms with Gasteiger partial charge < -0.3 is 0 Å². The highest BCUT2D eigenvalue weighted by Crippen LogP contribution is 2.15. The van der Waals surface area contributed by atoms with Crippen LogP contribution in [0.1, 0.15) is 34.6 Å². The Balaban J connectivity index is 2.35. The Bertz CT molecular complexity index is 235. The Hall–Kier alpha value is -0.410. The number of carbonyl (C=O) groups excluding carboxylic acids is 1. The van der Waals surface area contributed by atoms with Crippen molar-refractivity contribution in [2.24, 2.45) is 5.92 Å². The molecule has 0 aromatic carbocycles. The number of rotatable bonds is 3. The van der Waals surface area contributed by atoms with E-state index in [9.17, 15) is 4.79 Å². The molecule has 0 aromatic heterocycles. The number of ketones is 1. The summed E-state index contributed by atoms with van der Waals surface area (Å²) >= 11 is 0. The minimum atomic E-state index is 0.167. The van der Waals surface area contributed by atoms with Crippen molar-refractivity contribution in [1.82, 2.24) is 9.80 Å². The highest BCUT2D eigenvalue weighted by molar-refractivity contribution is 5.82. The number of hydrogen-bond donors (Lipinski definition) is 0. The zero-order chi connectivity index (χ0) is 12.3. The molecule has 3 nitrogen and oxygen atoms in total. The maximum Gasteiger partial charge on any atom is 0.149 e. The smallest absolute Gasteiger partial charge is 0.149 e. The monoisotopic (exact) mass is 226 g/mol. The first-order valence-corrected chi connectivity index (χ1v) is 6.31. The molecular weight excluding hydrogens is 200 g/mol. The van der Waals surface area contributed by atoms with Gasteiger partial charge in [-0.15, -0.1) is 0 Å². The van der Waals surface area contributed by atoms with Crippen LogP contribution in [0.4, 0.5) is 0 Å². The molecule has 0 aromatic rings. The van der Waals surface area contributed by atoms with Crippen LogP contribution in [0.5, 0.6) is 0 Å². The third-order valence-corrected chi connectivity index (χ3v) is 3.34. The lowest BCUT2D eigenvalue weighted by molar-refractivity contribution is -0.123. The van der Waals surface area contributed by atoms with E-state index in [1.165, 1.54) is 0 Å². The summed E-state index contributed by atoms with van der Waals surface area (Å²) in [4.78, 5) is 16.4. The van der Waals surface area contributed by atoms with Crippen molar-refractivity contribution in [3.8, 4) is 0 Å². The van der Waals surface area contributed by atoms with Gasteiger partial charge in [-0.2, -0.15) is 0 Å². The third-order valence-electron chi connectivity index (χ3n) is 3.34. The molecular formula is C13H26N2O. The zero-order valence-electron chi connectivity index (χ0n) is 11.4. The van der Waals surface area contributed by atoms with E-state index in [1.54, 1.807) is 0 Å². The second-order valence-corrected chi connectivity index (χ2v) is 6.06. The van der Waals surface area contributed by atoms with Gasteiger partial charge in [0.1, 0.15) is 5.78 Å². The van der Waals surface area contributed by atoms with Crippen LogP contribution in [0.3, 0.4) is 0 Å². The molecule has 94 valence electrons. The van der Waals surface area contributed by atoms with Crippen LogP contribution in [0.2, 0.25) is 0 Å². The van der Waals surface area contributed by atoms with Crippen LogP contribution in [0.15, 0.2) is 0 Å². The molecule has 0 aliphatic carbocycles. The first kappa shape index (κ1) is 13.7. The lowest BCUT2D eigenvalue weighted by atomic mass is 10.0. The van der Waals surface area contributed by atoms with Crippen molar-refractivity contribution in [1.29, 1.82) is 0 Å². The molecule has 0 spiro atoms. The summed E-state index contributed by atoms with van der Waals surface area (Å²) in [6.45, 7) is 15.6. The highest BCUT2D eigenvalue weighted by atomic mass is 16.1. The average molecular weight is 226 g/mol. The van der Waals surface area contributed by atoms with Crippen molar-refractivity contribution in [3.05, 3.63) is 0 Å². The number of nitrogens with zero attached hydrogens (tertiary/aromatic N) is 2. The maximum absolute atomic E-state index is 11.6. The van der Waals surface area contributed by atoms with Crippen LogP contribution in [0.25, 0.3) is 0 Å². The Morgan fingerprint density at radius 2 is 1.62 bits per heavy atom. The quantitative estimate of drug-likeness (QED) is 0.731. The zero-order valence-corrected chi connectivity index (χ0v) is 11.4. The molecule has 0 atom stereocenters. The lowest BCUT2D eigenvalue weighted by Gasteiger charge is -2.42. The number of hydrogen-bond acceptors (Lipinski definition) is 3. The Morgan fingerprint density at radius 1 is 1.12 bits per heavy atom. The maximum atomic E-state index is 11.6. The number of piperazine rings is 1. The van der Waals surface area contributed by atoms with Gasteiger partial charge in [-0.05, 0) is 20.8 Å². The van der Waals surface area contributed by atoms with Gasteiger partial charge >= 0.3 is 0 Å². The van der Waals surface area contributed by atoms with E-state index >= 15 is 0 Å². The number of carbonyl (C=O) groups is 1. The molecule has 1 aliphatic heterocycles. The molecule has 0 N–H and O–H groups in total. The second kappa shape index (κ2) is 5.28. The van der Waals surface area contributed by atoms with Gasteiger partial charge in [0, 0.05) is 37.6 Å². The second-order valence-electron chi connectivity index (χ2n) is 6.06. The first-order valence-electron chi connectivity index (χ1n) is 6.31. The van der Waals surface area contributed by atoms with Crippen LogP contribution >= 0.6 is 0 Å². The van der Waals surface area contributed by atoms with Crippen LogP contribution in [-0.4, -0.2) is 53.8 Å². The van der Waals surface area contributed by atoms with Crippen molar-refractivity contribution in [3.63, 3.8) is 0 Å². The molecule has 16 heavy (non-hydrogen) atoms. The van der Waals surface area contributed by atoms with Gasteiger partial charge in [0.25, 0.3) is 0 Å². The molecule has 0 bridgehead atoms. The molecule has 1 fully saturated rings. The Kier molecular flexibility index (Phi) is 4.51. The van der Waals surface area contributed by atoms with E-state index in [4.69, 9.17) is 0 Å². The average Bonchev–Trinajstić information content (AvgIpc) is 2.17. The van der Waals surface area contributed by atoms with E-state index in [-0.39, 0.29) is 11.5 Å². The predicted octanol–water partition coefficient (Wildman–Crippen LogP) is 1.63. The fraction of sp³-hybridized carbons (Fsp3) is 0.923. The summed E-state index contributed by atoms with van der Waals surface area (Å²) in [5, 5.41) is 0. The Labute approximate surface area is 99.8 Å². The summed E-state index contributed by atoms with van der Waals surface area (Å²) in [6, 6.07) is 0. The molecule has 1 saturated heterocycles. The van der Waals surface area contributed by atoms with Gasteiger partial charge in [0.2, 0.25) is 0 Å². The molecule has 0 unspecified atom stereocenters. The van der Waals surface area contributed by atoms with Crippen LogP contribution < -0.4 is 0 Å². The van der Waals surface area contributed by atoms with Gasteiger partial charge in [-0.25, -0.2) is 0 Å². The van der Waals surface area contributed by atoms with Crippen LogP contribution in [-0.2, 0) is 4.79 Å². The van der Waals surface area contributed by atoms with E-state index in [0.717, 1.165) is 26.2 Å². The molecule has 1 rings (SSSR count). The van der Waals surface area contributed by atoms with E-state index in [2.05, 4.69) is 30.6 Å². The first-order chi connectivity index (χ1) is 7.30. The summed E-state index contributed by atoms with van der Waals surface area (Å²) in [5.41, 5.74) is 0.258. The molecule has 1 heterocycles. The fourth-order valence-electron chi connectivity index (χ4n) is 1.98. The van der Waals surface area contributed by atoms with Gasteiger partial charge in [-0.3, -0.25) is 14.6 Å². The SMILES string of the molecule is CC(C)C(=O)CN1CCN(C(C)(C)C)CC1. The third kappa shape index (κ3) is 3.87. The van der Waals surface area contributed by atoms with E-state index in [1.807, 2.05) is 13.8 Å². The summed E-state index contributed by atoms with van der Waals surface area (Å²) in [6.07, 6.45) is 0. The number of Topliss-reactive ketones (excluding diaryl/α,β-unsaturated/α-hetero) is 1. The predicted molar refractivity (Wildman–Crippen MR) is 67.6 cm³/mol. The van der Waals surface area contributed by atoms with Gasteiger partial charge in [-0.1, -0.05) is 13.8 Å². The molecule has 0 saturated carbocycles. The normalized spacial score (nSPS) is 20.4. The Morgan fingerprint density at radius 3 is 2.00 bits per heavy atom. The molecule has 0 amide bonds. The largest absolute Gasteiger partial charge is 0.298 e. The van der Waals surface area contributed by atoms with E-state index in [0.29, 0.717) is 12.3 Å².